The van der Waals surface area contributed by atoms with Gasteiger partial charge in [0.15, 0.2) is 6.04 Å². The predicted octanol–water partition coefficient (Wildman–Crippen LogP) is 1.10. The minimum Gasteiger partial charge on any atom is -0.369 e. The molecular weight excluding hydrogens is 325 g/mol. The number of nitrogens with one attached hydrogen (secondary N) is 2. The zero-order valence-electron chi connectivity index (χ0n) is 12.4. The number of hydrogen-bond acceptors (Lipinski definition) is 2. The molecule has 0 spiro atoms. The summed E-state index contributed by atoms with van der Waals surface area (Å²) in [6.07, 6.45) is 1.45. The zero-order valence-corrected chi connectivity index (χ0v) is 13.9. The van der Waals surface area contributed by atoms with E-state index in [0.717, 1.165) is 30.8 Å². The highest BCUT2D eigenvalue weighted by Crippen LogP contribution is 2.25. The van der Waals surface area contributed by atoms with Gasteiger partial charge in [-0.15, -0.1) is 0 Å². The van der Waals surface area contributed by atoms with Gasteiger partial charge in [-0.2, -0.15) is 0 Å². The third-order valence-corrected chi connectivity index (χ3v) is 4.77. The van der Waals surface area contributed by atoms with Gasteiger partial charge < -0.3 is 16.0 Å². The maximum Gasteiger partial charge on any atom is 0.282 e. The molecule has 1 atom stereocenters. The van der Waals surface area contributed by atoms with E-state index in [1.165, 1.54) is 0 Å². The standard InChI is InChI=1S/C15H19Cl2N3O2/c1-9(20-6-4-10(5-7-20)14(18)21)15(22)19-13-3-2-11(16)8-12(13)17/h2-3,8-10H,4-7H2,1H3,(H2,18,21)(H,19,22)/p+1/t9-/m1/s1. The van der Waals surface area contributed by atoms with E-state index >= 15 is 0 Å². The number of rotatable bonds is 4. The van der Waals surface area contributed by atoms with E-state index in [0.29, 0.717) is 15.7 Å². The summed E-state index contributed by atoms with van der Waals surface area (Å²) in [5.41, 5.74) is 5.88. The van der Waals surface area contributed by atoms with Crippen LogP contribution in [0, 0.1) is 5.92 Å². The van der Waals surface area contributed by atoms with Gasteiger partial charge in [-0.1, -0.05) is 23.2 Å². The summed E-state index contributed by atoms with van der Waals surface area (Å²) in [7, 11) is 0. The first-order chi connectivity index (χ1) is 10.4. The van der Waals surface area contributed by atoms with Crippen LogP contribution in [0.2, 0.25) is 10.0 Å². The Morgan fingerprint density at radius 2 is 1.95 bits per heavy atom. The van der Waals surface area contributed by atoms with Crippen LogP contribution in [0.5, 0.6) is 0 Å². The number of carbonyl (C=O) groups is 2. The number of benzene rings is 1. The summed E-state index contributed by atoms with van der Waals surface area (Å²) in [5.74, 6) is -0.412. The Balaban J connectivity index is 1.94. The third kappa shape index (κ3) is 4.12. The van der Waals surface area contributed by atoms with Crippen molar-refractivity contribution >= 4 is 40.7 Å². The first-order valence-electron chi connectivity index (χ1n) is 7.28. The van der Waals surface area contributed by atoms with Crippen LogP contribution in [0.1, 0.15) is 19.8 Å². The first kappa shape index (κ1) is 17.1. The van der Waals surface area contributed by atoms with Gasteiger partial charge >= 0.3 is 0 Å². The van der Waals surface area contributed by atoms with Gasteiger partial charge in [0.05, 0.1) is 23.8 Å². The van der Waals surface area contributed by atoms with Crippen molar-refractivity contribution in [1.29, 1.82) is 0 Å². The fraction of sp³-hybridized carbons (Fsp3) is 0.467. The molecule has 0 bridgehead atoms. The lowest BCUT2D eigenvalue weighted by atomic mass is 9.95. The maximum absolute atomic E-state index is 12.3. The number of halogens is 2. The lowest BCUT2D eigenvalue weighted by molar-refractivity contribution is -0.919. The number of nitrogens with two attached hydrogens (primary N) is 1. The second kappa shape index (κ2) is 7.31. The molecule has 0 aliphatic carbocycles. The molecule has 4 N–H and O–H groups in total. The number of likely N-dealkylation sites (tertiary alicyclic amines) is 1. The van der Waals surface area contributed by atoms with Crippen LogP contribution < -0.4 is 16.0 Å². The van der Waals surface area contributed by atoms with Crippen LogP contribution in [-0.4, -0.2) is 30.9 Å². The minimum absolute atomic E-state index is 0.0651. The van der Waals surface area contributed by atoms with Gasteiger partial charge in [0.25, 0.3) is 5.91 Å². The number of carbonyl (C=O) groups excluding carboxylic acids is 2. The Kier molecular flexibility index (Phi) is 5.67. The van der Waals surface area contributed by atoms with E-state index < -0.39 is 0 Å². The summed E-state index contributed by atoms with van der Waals surface area (Å²) in [5, 5.41) is 3.76. The number of piperidine rings is 1. The fourth-order valence-corrected chi connectivity index (χ4v) is 3.18. The van der Waals surface area contributed by atoms with Crippen molar-refractivity contribution in [2.24, 2.45) is 11.7 Å². The highest BCUT2D eigenvalue weighted by atomic mass is 35.5. The largest absolute Gasteiger partial charge is 0.369 e. The van der Waals surface area contributed by atoms with Gasteiger partial charge in [0.1, 0.15) is 0 Å². The molecule has 1 saturated heterocycles. The molecule has 1 aliphatic rings. The highest BCUT2D eigenvalue weighted by Gasteiger charge is 2.32. The monoisotopic (exact) mass is 344 g/mol. The molecule has 0 saturated carbocycles. The molecule has 1 aromatic carbocycles. The zero-order chi connectivity index (χ0) is 16.3. The third-order valence-electron chi connectivity index (χ3n) is 4.22. The predicted molar refractivity (Wildman–Crippen MR) is 87.2 cm³/mol. The van der Waals surface area contributed by atoms with Crippen LogP contribution in [0.4, 0.5) is 5.69 Å². The summed E-state index contributed by atoms with van der Waals surface area (Å²) in [6, 6.07) is 4.73. The molecule has 1 aliphatic heterocycles. The Hall–Kier alpha value is -1.30. The second-order valence-corrected chi connectivity index (χ2v) is 6.51. The highest BCUT2D eigenvalue weighted by molar-refractivity contribution is 6.36. The molecular formula is C15H20Cl2N3O2+. The van der Waals surface area contributed by atoms with E-state index in [1.54, 1.807) is 18.2 Å². The molecule has 7 heteroatoms. The van der Waals surface area contributed by atoms with E-state index in [4.69, 9.17) is 28.9 Å². The van der Waals surface area contributed by atoms with Crippen molar-refractivity contribution in [1.82, 2.24) is 0 Å². The molecule has 0 unspecified atom stereocenters. The van der Waals surface area contributed by atoms with Crippen molar-refractivity contribution < 1.29 is 14.5 Å². The number of hydrogen-bond donors (Lipinski definition) is 3. The summed E-state index contributed by atoms with van der Waals surface area (Å²) in [4.78, 5) is 24.7. The maximum atomic E-state index is 12.3. The number of anilines is 1. The van der Waals surface area contributed by atoms with Crippen LogP contribution in [0.15, 0.2) is 18.2 Å². The number of primary amides is 1. The average Bonchev–Trinajstić information content (AvgIpc) is 2.49. The molecule has 1 fully saturated rings. The van der Waals surface area contributed by atoms with Crippen LogP contribution in [0.25, 0.3) is 0 Å². The van der Waals surface area contributed by atoms with Gasteiger partial charge in [-0.3, -0.25) is 9.59 Å². The summed E-state index contributed by atoms with van der Waals surface area (Å²) < 4.78 is 0. The smallest absolute Gasteiger partial charge is 0.282 e. The lowest BCUT2D eigenvalue weighted by Gasteiger charge is -2.31. The Labute approximate surface area is 139 Å². The molecule has 0 aromatic heterocycles. The Morgan fingerprint density at radius 3 is 2.50 bits per heavy atom. The normalized spacial score (nSPS) is 22.9. The second-order valence-electron chi connectivity index (χ2n) is 5.67. The van der Waals surface area contributed by atoms with Gasteiger partial charge in [-0.25, -0.2) is 0 Å². The van der Waals surface area contributed by atoms with E-state index in [1.807, 2.05) is 6.92 Å². The Morgan fingerprint density at radius 1 is 1.32 bits per heavy atom. The Bertz CT molecular complexity index is 572. The van der Waals surface area contributed by atoms with Crippen molar-refractivity contribution in [2.45, 2.75) is 25.8 Å². The van der Waals surface area contributed by atoms with Crippen molar-refractivity contribution in [3.63, 3.8) is 0 Å². The molecule has 120 valence electrons. The van der Waals surface area contributed by atoms with E-state index in [2.05, 4.69) is 5.32 Å². The number of amides is 2. The van der Waals surface area contributed by atoms with Gasteiger partial charge in [-0.05, 0) is 25.1 Å². The van der Waals surface area contributed by atoms with Gasteiger partial charge in [0, 0.05) is 23.8 Å². The van der Waals surface area contributed by atoms with Crippen LogP contribution in [0.3, 0.4) is 0 Å². The summed E-state index contributed by atoms with van der Waals surface area (Å²) >= 11 is 11.9. The topological polar surface area (TPSA) is 76.6 Å². The van der Waals surface area contributed by atoms with E-state index in [-0.39, 0.29) is 23.8 Å². The molecule has 5 nitrogen and oxygen atoms in total. The molecule has 2 rings (SSSR count). The fourth-order valence-electron chi connectivity index (χ4n) is 2.72. The lowest BCUT2D eigenvalue weighted by Crippen LogP contribution is -3.17. The first-order valence-corrected chi connectivity index (χ1v) is 8.04. The minimum atomic E-state index is -0.246. The molecule has 2 amide bonds. The van der Waals surface area contributed by atoms with Crippen molar-refractivity contribution in [3.05, 3.63) is 28.2 Å². The summed E-state index contributed by atoms with van der Waals surface area (Å²) in [6.45, 7) is 3.40. The van der Waals surface area contributed by atoms with E-state index in [9.17, 15) is 9.59 Å². The molecule has 1 heterocycles. The SMILES string of the molecule is C[C@H](C(=O)Nc1ccc(Cl)cc1Cl)[NH+]1CCC(C(N)=O)CC1. The van der Waals surface area contributed by atoms with Gasteiger partial charge in [0.2, 0.25) is 5.91 Å². The van der Waals surface area contributed by atoms with Crippen molar-refractivity contribution in [3.8, 4) is 0 Å². The molecule has 0 radical (unpaired) electrons. The average molecular weight is 345 g/mol. The number of quaternary nitrogens is 1. The van der Waals surface area contributed by atoms with Crippen molar-refractivity contribution in [2.75, 3.05) is 18.4 Å². The van der Waals surface area contributed by atoms with Crippen LogP contribution >= 0.6 is 23.2 Å². The quantitative estimate of drug-likeness (QED) is 0.764. The molecule has 22 heavy (non-hydrogen) atoms. The van der Waals surface area contributed by atoms with Crippen LogP contribution in [-0.2, 0) is 9.59 Å². The molecule has 1 aromatic rings.